The lowest BCUT2D eigenvalue weighted by Gasteiger charge is -1.77. The number of aromatic nitrogens is 1. The van der Waals surface area contributed by atoms with Crippen LogP contribution in [0, 0.1) is 0 Å². The smallest absolute Gasteiger partial charge is 0.168 e. The van der Waals surface area contributed by atoms with Gasteiger partial charge < -0.3 is 5.48 Å². The molecule has 0 radical (unpaired) electrons. The Bertz CT molecular complexity index is 138. The Kier molecular flexibility index (Phi) is 2.80. The summed E-state index contributed by atoms with van der Waals surface area (Å²) in [6.07, 6.45) is 4.00. The van der Waals surface area contributed by atoms with Crippen LogP contribution in [0.3, 0.4) is 0 Å². The van der Waals surface area contributed by atoms with Crippen LogP contribution in [0.25, 0.3) is 0 Å². The molecule has 2 N–H and O–H groups in total. The molecule has 0 aliphatic rings. The van der Waals surface area contributed by atoms with Gasteiger partial charge in [0, 0.05) is 12.1 Å². The van der Waals surface area contributed by atoms with Gasteiger partial charge in [-0.05, 0) is 0 Å². The van der Waals surface area contributed by atoms with Crippen LogP contribution < -0.4 is 4.57 Å². The van der Waals surface area contributed by atoms with Crippen molar-refractivity contribution >= 4 is 0 Å². The molecule has 0 bridgehead atoms. The van der Waals surface area contributed by atoms with Gasteiger partial charge in [0.15, 0.2) is 12.4 Å². The average molecular weight is 112 g/mol. The maximum atomic E-state index is 2.00. The second-order valence-corrected chi connectivity index (χ2v) is 1.54. The fourth-order valence-electron chi connectivity index (χ4n) is 0.485. The fraction of sp³-hybridized carbons (Fsp3) is 0.167. The molecular weight excluding hydrogens is 102 g/mol. The minimum Gasteiger partial charge on any atom is -0.412 e. The highest BCUT2D eigenvalue weighted by Crippen LogP contribution is 1.71. The zero-order chi connectivity index (χ0) is 5.11. The van der Waals surface area contributed by atoms with E-state index >= 15 is 0 Å². The van der Waals surface area contributed by atoms with Crippen LogP contribution in [0.5, 0.6) is 0 Å². The minimum absolute atomic E-state index is 0. The first-order valence-corrected chi connectivity index (χ1v) is 2.30. The van der Waals surface area contributed by atoms with Crippen molar-refractivity contribution in [2.45, 2.75) is 0 Å². The van der Waals surface area contributed by atoms with Crippen molar-refractivity contribution in [3.63, 3.8) is 0 Å². The third kappa shape index (κ3) is 1.71. The molecule has 0 aliphatic heterocycles. The summed E-state index contributed by atoms with van der Waals surface area (Å²) < 4.78 is 2.00. The molecule has 0 aliphatic carbocycles. The molecule has 2 nitrogen and oxygen atoms in total. The van der Waals surface area contributed by atoms with Crippen molar-refractivity contribution in [3.05, 3.63) is 30.6 Å². The number of pyridine rings is 1. The Hall–Kier alpha value is -0.890. The second-order valence-electron chi connectivity index (χ2n) is 1.54. The van der Waals surface area contributed by atoms with Gasteiger partial charge in [-0.3, -0.25) is 0 Å². The van der Waals surface area contributed by atoms with Crippen molar-refractivity contribution in [1.29, 1.82) is 0 Å². The summed E-state index contributed by atoms with van der Waals surface area (Å²) in [6.45, 7) is 0. The average Bonchev–Trinajstić information content (AvgIpc) is 1.69. The molecule has 1 aromatic heterocycles. The Morgan fingerprint density at radius 3 is 1.75 bits per heavy atom. The Morgan fingerprint density at radius 2 is 1.50 bits per heavy atom. The molecule has 1 aromatic rings. The van der Waals surface area contributed by atoms with Crippen LogP contribution in [-0.4, -0.2) is 5.48 Å². The van der Waals surface area contributed by atoms with Gasteiger partial charge in [-0.2, -0.15) is 0 Å². The monoisotopic (exact) mass is 112 g/mol. The normalized spacial score (nSPS) is 7.62. The molecule has 1 rings (SSSR count). The molecule has 8 heavy (non-hydrogen) atoms. The third-order valence-electron chi connectivity index (χ3n) is 0.865. The molecule has 44 valence electrons. The summed E-state index contributed by atoms with van der Waals surface area (Å²) in [5.74, 6) is 0. The minimum atomic E-state index is 0. The molecule has 0 amide bonds. The maximum absolute atomic E-state index is 2.00. The zero-order valence-electron chi connectivity index (χ0n) is 4.83. The first-order valence-electron chi connectivity index (χ1n) is 2.30. The highest BCUT2D eigenvalue weighted by molar-refractivity contribution is 4.83. The number of rotatable bonds is 0. The number of hydrogen-bond donors (Lipinski definition) is 0. The van der Waals surface area contributed by atoms with E-state index in [4.69, 9.17) is 0 Å². The van der Waals surface area contributed by atoms with Crippen molar-refractivity contribution < 1.29 is 10.0 Å². The predicted molar refractivity (Wildman–Crippen MR) is 31.2 cm³/mol. The van der Waals surface area contributed by atoms with Crippen molar-refractivity contribution in [3.8, 4) is 0 Å². The molecule has 0 atom stereocenters. The number of hydrogen-bond acceptors (Lipinski definition) is 0. The molecule has 2 heteroatoms. The Morgan fingerprint density at radius 1 is 1.00 bits per heavy atom. The lowest BCUT2D eigenvalue weighted by molar-refractivity contribution is -0.671. The summed E-state index contributed by atoms with van der Waals surface area (Å²) in [4.78, 5) is 0. The van der Waals surface area contributed by atoms with E-state index < -0.39 is 0 Å². The molecule has 1 heterocycles. The van der Waals surface area contributed by atoms with E-state index in [0.29, 0.717) is 0 Å². The zero-order valence-corrected chi connectivity index (χ0v) is 4.83. The van der Waals surface area contributed by atoms with E-state index in [1.807, 2.05) is 42.2 Å². The van der Waals surface area contributed by atoms with Crippen LogP contribution >= 0.6 is 0 Å². The molecule has 0 saturated heterocycles. The topological polar surface area (TPSA) is 35.4 Å². The largest absolute Gasteiger partial charge is 0.412 e. The van der Waals surface area contributed by atoms with E-state index in [1.165, 1.54) is 0 Å². The van der Waals surface area contributed by atoms with Crippen molar-refractivity contribution in [2.24, 2.45) is 7.05 Å². The molecular formula is C6H10NO+. The van der Waals surface area contributed by atoms with Crippen LogP contribution in [0.1, 0.15) is 0 Å². The maximum Gasteiger partial charge on any atom is 0.168 e. The highest BCUT2D eigenvalue weighted by atomic mass is 16.0. The summed E-state index contributed by atoms with van der Waals surface area (Å²) in [6, 6.07) is 6.00. The van der Waals surface area contributed by atoms with Crippen LogP contribution in [-0.2, 0) is 7.05 Å². The van der Waals surface area contributed by atoms with Crippen LogP contribution in [0.2, 0.25) is 0 Å². The molecule has 0 aromatic carbocycles. The van der Waals surface area contributed by atoms with Gasteiger partial charge in [0.2, 0.25) is 0 Å². The highest BCUT2D eigenvalue weighted by Gasteiger charge is 1.78. The van der Waals surface area contributed by atoms with Crippen LogP contribution in [0.15, 0.2) is 30.6 Å². The van der Waals surface area contributed by atoms with Gasteiger partial charge in [0.1, 0.15) is 7.05 Å². The van der Waals surface area contributed by atoms with Gasteiger partial charge in [0.25, 0.3) is 0 Å². The summed E-state index contributed by atoms with van der Waals surface area (Å²) in [7, 11) is 2.00. The van der Waals surface area contributed by atoms with Gasteiger partial charge >= 0.3 is 0 Å². The summed E-state index contributed by atoms with van der Waals surface area (Å²) in [5.41, 5.74) is 0. The molecule has 0 unspecified atom stereocenters. The van der Waals surface area contributed by atoms with Gasteiger partial charge in [-0.15, -0.1) is 0 Å². The first-order chi connectivity index (χ1) is 3.39. The lowest BCUT2D eigenvalue weighted by Crippen LogP contribution is -2.25. The first kappa shape index (κ1) is 7.11. The summed E-state index contributed by atoms with van der Waals surface area (Å²) in [5, 5.41) is 0. The van der Waals surface area contributed by atoms with E-state index in [9.17, 15) is 0 Å². The molecule has 0 saturated carbocycles. The standard InChI is InChI=1S/C6H8N.H2O/c1-7-5-3-2-4-6-7;/h2-6H,1H3;1H2/q+1;. The lowest BCUT2D eigenvalue weighted by atomic mass is 10.5. The fourth-order valence-corrected chi connectivity index (χ4v) is 0.485. The second kappa shape index (κ2) is 3.16. The van der Waals surface area contributed by atoms with Crippen molar-refractivity contribution in [1.82, 2.24) is 0 Å². The third-order valence-corrected chi connectivity index (χ3v) is 0.865. The quantitative estimate of drug-likeness (QED) is 0.413. The molecule has 0 spiro atoms. The van der Waals surface area contributed by atoms with Crippen molar-refractivity contribution in [2.75, 3.05) is 0 Å². The van der Waals surface area contributed by atoms with E-state index in [2.05, 4.69) is 0 Å². The van der Waals surface area contributed by atoms with E-state index in [0.717, 1.165) is 0 Å². The van der Waals surface area contributed by atoms with Gasteiger partial charge in [-0.25, -0.2) is 4.57 Å². The van der Waals surface area contributed by atoms with Gasteiger partial charge in [0.05, 0.1) is 0 Å². The van der Waals surface area contributed by atoms with Crippen LogP contribution in [0.4, 0.5) is 0 Å². The Balaban J connectivity index is 0.000000490. The number of nitrogens with zero attached hydrogens (tertiary/aromatic N) is 1. The summed E-state index contributed by atoms with van der Waals surface area (Å²) >= 11 is 0. The number of aryl methyl sites for hydroxylation is 1. The van der Waals surface area contributed by atoms with E-state index in [1.54, 1.807) is 0 Å². The van der Waals surface area contributed by atoms with Gasteiger partial charge in [-0.1, -0.05) is 6.07 Å². The SMILES string of the molecule is C[n+]1ccccc1.O. The Labute approximate surface area is 48.7 Å². The molecule has 0 fully saturated rings. The van der Waals surface area contributed by atoms with E-state index in [-0.39, 0.29) is 5.48 Å². The predicted octanol–water partition coefficient (Wildman–Crippen LogP) is -0.314.